The van der Waals surface area contributed by atoms with Crippen LogP contribution >= 0.6 is 10.3 Å². The first-order valence-electron chi connectivity index (χ1n) is 5.23. The highest BCUT2D eigenvalue weighted by Gasteiger charge is 2.36. The van der Waals surface area contributed by atoms with E-state index in [4.69, 9.17) is 9.29 Å². The Hall–Kier alpha value is -1.56. The SMILES string of the molecule is CC(=O)OS(C)(c1ccc(F)cc1)C(C)C(=O)O. The number of aliphatic carboxylic acids is 1. The van der Waals surface area contributed by atoms with Crippen molar-refractivity contribution in [3.8, 4) is 0 Å². The molecular formula is C12H15FO4S. The molecule has 0 aliphatic carbocycles. The number of rotatable bonds is 4. The van der Waals surface area contributed by atoms with E-state index in [-0.39, 0.29) is 0 Å². The summed E-state index contributed by atoms with van der Waals surface area (Å²) in [6, 6.07) is 5.34. The van der Waals surface area contributed by atoms with Crippen molar-refractivity contribution < 1.29 is 23.3 Å². The Bertz CT molecular complexity index is 460. The topological polar surface area (TPSA) is 63.6 Å². The van der Waals surface area contributed by atoms with E-state index in [1.807, 2.05) is 0 Å². The van der Waals surface area contributed by atoms with Crippen molar-refractivity contribution in [1.29, 1.82) is 0 Å². The molecule has 0 radical (unpaired) electrons. The molecule has 0 aliphatic heterocycles. The Morgan fingerprint density at radius 2 is 1.83 bits per heavy atom. The van der Waals surface area contributed by atoms with Gasteiger partial charge in [0.1, 0.15) is 11.1 Å². The third-order valence-electron chi connectivity index (χ3n) is 2.59. The second-order valence-corrected chi connectivity index (χ2v) is 7.07. The molecule has 0 aromatic heterocycles. The van der Waals surface area contributed by atoms with E-state index < -0.39 is 33.3 Å². The summed E-state index contributed by atoms with van der Waals surface area (Å²) in [5, 5.41) is 8.23. The Kier molecular flexibility index (Phi) is 4.34. The van der Waals surface area contributed by atoms with Gasteiger partial charge in [0.2, 0.25) is 0 Å². The van der Waals surface area contributed by atoms with Gasteiger partial charge in [0.05, 0.1) is 0 Å². The molecule has 1 aromatic carbocycles. The largest absolute Gasteiger partial charge is 0.480 e. The molecular weight excluding hydrogens is 259 g/mol. The van der Waals surface area contributed by atoms with Crippen LogP contribution in [0.4, 0.5) is 4.39 Å². The summed E-state index contributed by atoms with van der Waals surface area (Å²) in [5.74, 6) is -2.03. The number of carbonyl (C=O) groups excluding carboxylic acids is 1. The molecule has 1 N–H and O–H groups in total. The van der Waals surface area contributed by atoms with E-state index in [0.29, 0.717) is 4.90 Å². The van der Waals surface area contributed by atoms with Gasteiger partial charge < -0.3 is 9.29 Å². The highest BCUT2D eigenvalue weighted by atomic mass is 32.3. The number of carboxylic acids is 1. The number of benzene rings is 1. The summed E-state index contributed by atoms with van der Waals surface area (Å²) in [5.41, 5.74) is 0. The lowest BCUT2D eigenvalue weighted by atomic mass is 10.3. The maximum absolute atomic E-state index is 12.9. The lowest BCUT2D eigenvalue weighted by Gasteiger charge is -2.38. The molecule has 2 unspecified atom stereocenters. The Morgan fingerprint density at radius 1 is 1.33 bits per heavy atom. The van der Waals surface area contributed by atoms with Crippen molar-refractivity contribution in [3.05, 3.63) is 30.1 Å². The van der Waals surface area contributed by atoms with Crippen LogP contribution in [0.5, 0.6) is 0 Å². The fourth-order valence-corrected chi connectivity index (χ4v) is 3.66. The van der Waals surface area contributed by atoms with Crippen LogP contribution in [0.25, 0.3) is 0 Å². The van der Waals surface area contributed by atoms with Crippen molar-refractivity contribution in [3.63, 3.8) is 0 Å². The van der Waals surface area contributed by atoms with E-state index in [1.54, 1.807) is 6.26 Å². The highest BCUT2D eigenvalue weighted by molar-refractivity contribution is 8.30. The first-order valence-corrected chi connectivity index (χ1v) is 7.26. The molecule has 0 aliphatic rings. The minimum absolute atomic E-state index is 0.425. The van der Waals surface area contributed by atoms with Gasteiger partial charge in [0, 0.05) is 18.1 Å². The second-order valence-electron chi connectivity index (χ2n) is 3.91. The lowest BCUT2D eigenvalue weighted by molar-refractivity contribution is -0.136. The summed E-state index contributed by atoms with van der Waals surface area (Å²) in [6.45, 7) is 2.70. The molecule has 0 saturated heterocycles. The summed E-state index contributed by atoms with van der Waals surface area (Å²) < 4.78 is 18.1. The third kappa shape index (κ3) is 3.01. The first-order chi connectivity index (χ1) is 8.27. The molecule has 1 aromatic rings. The number of hydrogen-bond donors (Lipinski definition) is 1. The number of carboxylic acid groups (broad SMARTS) is 1. The van der Waals surface area contributed by atoms with Crippen LogP contribution in [0.3, 0.4) is 0 Å². The predicted molar refractivity (Wildman–Crippen MR) is 67.0 cm³/mol. The summed E-state index contributed by atoms with van der Waals surface area (Å²) in [7, 11) is -2.33. The van der Waals surface area contributed by atoms with Crippen LogP contribution in [0.1, 0.15) is 13.8 Å². The van der Waals surface area contributed by atoms with Crippen molar-refractivity contribution in [2.75, 3.05) is 6.26 Å². The average molecular weight is 274 g/mol. The van der Waals surface area contributed by atoms with E-state index in [0.717, 1.165) is 0 Å². The van der Waals surface area contributed by atoms with Crippen LogP contribution in [-0.2, 0) is 13.8 Å². The lowest BCUT2D eigenvalue weighted by Crippen LogP contribution is -2.26. The fraction of sp³-hybridized carbons (Fsp3) is 0.333. The van der Waals surface area contributed by atoms with Crippen molar-refractivity contribution in [1.82, 2.24) is 0 Å². The zero-order chi connectivity index (χ0) is 13.9. The van der Waals surface area contributed by atoms with Gasteiger partial charge in [0.25, 0.3) is 0 Å². The van der Waals surface area contributed by atoms with E-state index in [2.05, 4.69) is 0 Å². The summed E-state index contributed by atoms with van der Waals surface area (Å²) in [6.07, 6.45) is 1.58. The molecule has 0 saturated carbocycles. The Balaban J connectivity index is 3.23. The van der Waals surface area contributed by atoms with Gasteiger partial charge >= 0.3 is 11.9 Å². The maximum Gasteiger partial charge on any atom is 0.318 e. The monoisotopic (exact) mass is 274 g/mol. The van der Waals surface area contributed by atoms with Crippen molar-refractivity contribution in [2.45, 2.75) is 24.0 Å². The van der Waals surface area contributed by atoms with Gasteiger partial charge in [-0.25, -0.2) is 4.39 Å². The molecule has 18 heavy (non-hydrogen) atoms. The van der Waals surface area contributed by atoms with Crippen LogP contribution in [0.2, 0.25) is 0 Å². The number of hydrogen-bond acceptors (Lipinski definition) is 3. The molecule has 0 amide bonds. The predicted octanol–water partition coefficient (Wildman–Crippen LogP) is 2.57. The van der Waals surface area contributed by atoms with Crippen molar-refractivity contribution in [2.24, 2.45) is 0 Å². The van der Waals surface area contributed by atoms with Crippen LogP contribution in [0.15, 0.2) is 29.2 Å². The Morgan fingerprint density at radius 3 is 2.22 bits per heavy atom. The molecule has 100 valence electrons. The summed E-state index contributed by atoms with van der Waals surface area (Å²) >= 11 is 0. The molecule has 0 heterocycles. The number of halogens is 1. The van der Waals surface area contributed by atoms with Crippen molar-refractivity contribution >= 4 is 22.2 Å². The zero-order valence-electron chi connectivity index (χ0n) is 10.3. The normalized spacial score (nSPS) is 17.3. The minimum Gasteiger partial charge on any atom is -0.480 e. The van der Waals surface area contributed by atoms with E-state index >= 15 is 0 Å². The standard InChI is InChI=1S/C12H15FO4S/c1-8(12(15)16)18(3,17-9(2)14)11-6-4-10(13)5-7-11/h4-8H,1-3H3,(H,15,16). The van der Waals surface area contributed by atoms with Crippen LogP contribution in [-0.4, -0.2) is 28.6 Å². The van der Waals surface area contributed by atoms with Gasteiger partial charge in [-0.05, 0) is 31.2 Å². The molecule has 1 rings (SSSR count). The third-order valence-corrected chi connectivity index (χ3v) is 5.93. The molecule has 0 spiro atoms. The van der Waals surface area contributed by atoms with Gasteiger partial charge in [-0.2, -0.15) is 0 Å². The van der Waals surface area contributed by atoms with Crippen LogP contribution < -0.4 is 0 Å². The van der Waals surface area contributed by atoms with Gasteiger partial charge in [-0.3, -0.25) is 9.59 Å². The first kappa shape index (κ1) is 14.5. The van der Waals surface area contributed by atoms with E-state index in [9.17, 15) is 14.0 Å². The van der Waals surface area contributed by atoms with Gasteiger partial charge in [0.15, 0.2) is 0 Å². The summed E-state index contributed by atoms with van der Waals surface area (Å²) in [4.78, 5) is 22.8. The molecule has 0 fully saturated rings. The average Bonchev–Trinajstić information content (AvgIpc) is 2.27. The molecule has 2 atom stereocenters. The van der Waals surface area contributed by atoms with E-state index in [1.165, 1.54) is 38.1 Å². The zero-order valence-corrected chi connectivity index (χ0v) is 11.2. The minimum atomic E-state index is -2.33. The highest BCUT2D eigenvalue weighted by Crippen LogP contribution is 2.57. The molecule has 4 nitrogen and oxygen atoms in total. The molecule has 6 heteroatoms. The fourth-order valence-electron chi connectivity index (χ4n) is 1.47. The number of carbonyl (C=O) groups is 2. The smallest absolute Gasteiger partial charge is 0.318 e. The van der Waals surface area contributed by atoms with Gasteiger partial charge in [-0.15, -0.1) is 0 Å². The quantitative estimate of drug-likeness (QED) is 0.916. The van der Waals surface area contributed by atoms with Gasteiger partial charge in [-0.1, -0.05) is 10.3 Å². The Labute approximate surface area is 106 Å². The van der Waals surface area contributed by atoms with Crippen LogP contribution in [0, 0.1) is 5.82 Å². The second kappa shape index (κ2) is 5.39. The maximum atomic E-state index is 12.9. The molecule has 0 bridgehead atoms.